The van der Waals surface area contributed by atoms with Gasteiger partial charge in [-0.25, -0.2) is 4.79 Å². The van der Waals surface area contributed by atoms with Gasteiger partial charge < -0.3 is 14.2 Å². The summed E-state index contributed by atoms with van der Waals surface area (Å²) in [7, 11) is 0. The van der Waals surface area contributed by atoms with Crippen molar-refractivity contribution in [1.82, 2.24) is 9.47 Å². The molecule has 1 aliphatic heterocycles. The zero-order valence-electron chi connectivity index (χ0n) is 15.1. The van der Waals surface area contributed by atoms with Crippen LogP contribution in [0.5, 0.6) is 0 Å². The monoisotopic (exact) mass is 419 g/mol. The molecule has 0 saturated carbocycles. The van der Waals surface area contributed by atoms with Crippen LogP contribution in [0.3, 0.4) is 0 Å². The number of fused-ring (bicyclic) bond motifs is 1. The number of aryl methyl sites for hydroxylation is 1. The molecule has 146 valence electrons. The number of nitrogens with zero attached hydrogens (tertiary/aromatic N) is 3. The van der Waals surface area contributed by atoms with Gasteiger partial charge in [0.2, 0.25) is 5.91 Å². The fourth-order valence-corrected chi connectivity index (χ4v) is 3.77. The third-order valence-corrected chi connectivity index (χ3v) is 5.49. The Balaban J connectivity index is 1.36. The van der Waals surface area contributed by atoms with Crippen LogP contribution in [0.2, 0.25) is 10.0 Å². The summed E-state index contributed by atoms with van der Waals surface area (Å²) >= 11 is 12.0. The van der Waals surface area contributed by atoms with E-state index < -0.39 is 5.76 Å². The Labute approximate surface area is 171 Å². The van der Waals surface area contributed by atoms with Gasteiger partial charge in [-0.3, -0.25) is 9.36 Å². The zero-order chi connectivity index (χ0) is 19.7. The van der Waals surface area contributed by atoms with Gasteiger partial charge in [0, 0.05) is 54.9 Å². The van der Waals surface area contributed by atoms with E-state index >= 15 is 0 Å². The van der Waals surface area contributed by atoms with Gasteiger partial charge in [0.1, 0.15) is 0 Å². The summed E-state index contributed by atoms with van der Waals surface area (Å²) in [5.74, 6) is -0.448. The number of rotatable bonds is 4. The van der Waals surface area contributed by atoms with Gasteiger partial charge in [-0.2, -0.15) is 0 Å². The van der Waals surface area contributed by atoms with Crippen molar-refractivity contribution in [3.05, 3.63) is 63.1 Å². The lowest BCUT2D eigenvalue weighted by molar-refractivity contribution is -0.131. The summed E-state index contributed by atoms with van der Waals surface area (Å²) in [6.45, 7) is 3.08. The van der Waals surface area contributed by atoms with Gasteiger partial charge in [0.05, 0.1) is 5.52 Å². The number of hydrogen-bond acceptors (Lipinski definition) is 4. The molecular formula is C20H19Cl2N3O3. The van der Waals surface area contributed by atoms with Gasteiger partial charge >= 0.3 is 5.76 Å². The van der Waals surface area contributed by atoms with Crippen molar-refractivity contribution in [2.24, 2.45) is 0 Å². The Bertz CT molecular complexity index is 1050. The fraction of sp³-hybridized carbons (Fsp3) is 0.300. The van der Waals surface area contributed by atoms with Crippen LogP contribution in [-0.4, -0.2) is 41.6 Å². The van der Waals surface area contributed by atoms with Crippen LogP contribution in [0, 0.1) is 0 Å². The number of oxazole rings is 1. The molecule has 3 aromatic rings. The molecule has 8 heteroatoms. The highest BCUT2D eigenvalue weighted by atomic mass is 35.5. The number of hydrogen-bond donors (Lipinski definition) is 0. The van der Waals surface area contributed by atoms with E-state index in [2.05, 4.69) is 4.90 Å². The van der Waals surface area contributed by atoms with Crippen LogP contribution in [-0.2, 0) is 11.3 Å². The molecule has 0 spiro atoms. The quantitative estimate of drug-likeness (QED) is 0.647. The van der Waals surface area contributed by atoms with E-state index in [1.807, 2.05) is 29.2 Å². The molecule has 1 fully saturated rings. The highest BCUT2D eigenvalue weighted by Gasteiger charge is 2.22. The van der Waals surface area contributed by atoms with E-state index in [0.29, 0.717) is 34.2 Å². The number of aromatic nitrogens is 1. The molecule has 6 nitrogen and oxygen atoms in total. The van der Waals surface area contributed by atoms with Gasteiger partial charge in [0.15, 0.2) is 5.58 Å². The first-order valence-corrected chi connectivity index (χ1v) is 9.84. The van der Waals surface area contributed by atoms with Crippen LogP contribution < -0.4 is 10.7 Å². The summed E-state index contributed by atoms with van der Waals surface area (Å²) in [6, 6.07) is 12.7. The first-order valence-electron chi connectivity index (χ1n) is 9.08. The second-order valence-corrected chi connectivity index (χ2v) is 7.60. The van der Waals surface area contributed by atoms with Crippen LogP contribution in [0.4, 0.5) is 5.69 Å². The van der Waals surface area contributed by atoms with Gasteiger partial charge in [-0.1, -0.05) is 23.2 Å². The van der Waals surface area contributed by atoms with Gasteiger partial charge in [0.25, 0.3) is 0 Å². The minimum atomic E-state index is -0.474. The Morgan fingerprint density at radius 2 is 1.64 bits per heavy atom. The lowest BCUT2D eigenvalue weighted by Gasteiger charge is -2.36. The van der Waals surface area contributed by atoms with E-state index in [4.69, 9.17) is 27.6 Å². The number of piperazine rings is 1. The number of halogens is 2. The lowest BCUT2D eigenvalue weighted by atomic mass is 10.2. The second kappa shape index (κ2) is 7.89. The maximum absolute atomic E-state index is 12.6. The highest BCUT2D eigenvalue weighted by molar-refractivity contribution is 6.31. The summed E-state index contributed by atoms with van der Waals surface area (Å²) in [4.78, 5) is 28.8. The summed E-state index contributed by atoms with van der Waals surface area (Å²) in [5.41, 5.74) is 2.18. The molecule has 1 amide bonds. The molecule has 4 rings (SSSR count). The van der Waals surface area contributed by atoms with Crippen molar-refractivity contribution in [3.8, 4) is 0 Å². The second-order valence-electron chi connectivity index (χ2n) is 6.73. The van der Waals surface area contributed by atoms with E-state index in [9.17, 15) is 9.59 Å². The predicted molar refractivity (Wildman–Crippen MR) is 110 cm³/mol. The lowest BCUT2D eigenvalue weighted by Crippen LogP contribution is -2.49. The van der Waals surface area contributed by atoms with Crippen LogP contribution in [0.25, 0.3) is 11.1 Å². The number of anilines is 1. The van der Waals surface area contributed by atoms with Crippen LogP contribution in [0.15, 0.2) is 51.7 Å². The van der Waals surface area contributed by atoms with Crippen molar-refractivity contribution in [2.75, 3.05) is 31.1 Å². The molecule has 1 aliphatic rings. The molecule has 0 radical (unpaired) electrons. The summed E-state index contributed by atoms with van der Waals surface area (Å²) < 4.78 is 6.67. The molecule has 28 heavy (non-hydrogen) atoms. The Kier molecular flexibility index (Phi) is 5.33. The maximum atomic E-state index is 12.6. The third kappa shape index (κ3) is 3.88. The van der Waals surface area contributed by atoms with Gasteiger partial charge in [-0.15, -0.1) is 0 Å². The highest BCUT2D eigenvalue weighted by Crippen LogP contribution is 2.21. The predicted octanol–water partition coefficient (Wildman–Crippen LogP) is 3.64. The standard InChI is InChI=1S/C20H19Cl2N3O3/c21-14-1-4-16(5-2-14)23-9-11-24(12-10-23)19(26)7-8-25-17-13-15(22)3-6-18(17)28-20(25)27/h1-6,13H,7-12H2. The minimum absolute atomic E-state index is 0.0269. The van der Waals surface area contributed by atoms with Crippen molar-refractivity contribution in [3.63, 3.8) is 0 Å². The Morgan fingerprint density at radius 1 is 0.964 bits per heavy atom. The smallest absolute Gasteiger partial charge is 0.408 e. The molecule has 0 N–H and O–H groups in total. The molecule has 1 aromatic heterocycles. The average Bonchev–Trinajstić information content (AvgIpc) is 3.01. The molecular weight excluding hydrogens is 401 g/mol. The molecule has 0 bridgehead atoms. The third-order valence-electron chi connectivity index (χ3n) is 5.00. The zero-order valence-corrected chi connectivity index (χ0v) is 16.6. The molecule has 0 atom stereocenters. The first-order chi connectivity index (χ1) is 13.5. The molecule has 2 aromatic carbocycles. The van der Waals surface area contributed by atoms with E-state index in [-0.39, 0.29) is 18.9 Å². The van der Waals surface area contributed by atoms with Crippen molar-refractivity contribution < 1.29 is 9.21 Å². The fourth-order valence-electron chi connectivity index (χ4n) is 3.48. The van der Waals surface area contributed by atoms with E-state index in [1.54, 1.807) is 18.2 Å². The number of benzene rings is 2. The van der Waals surface area contributed by atoms with Crippen LogP contribution >= 0.6 is 23.2 Å². The Morgan fingerprint density at radius 3 is 2.36 bits per heavy atom. The number of amides is 1. The maximum Gasteiger partial charge on any atom is 0.419 e. The largest absolute Gasteiger partial charge is 0.419 e. The van der Waals surface area contributed by atoms with E-state index in [0.717, 1.165) is 18.8 Å². The van der Waals surface area contributed by atoms with Crippen molar-refractivity contribution >= 4 is 45.9 Å². The average molecular weight is 420 g/mol. The normalized spacial score (nSPS) is 14.6. The molecule has 0 unspecified atom stereocenters. The molecule has 0 aliphatic carbocycles. The topological polar surface area (TPSA) is 58.7 Å². The molecule has 1 saturated heterocycles. The minimum Gasteiger partial charge on any atom is -0.408 e. The SMILES string of the molecule is O=C(CCn1c(=O)oc2ccc(Cl)cc21)N1CCN(c2ccc(Cl)cc2)CC1. The Hall–Kier alpha value is -2.44. The summed E-state index contributed by atoms with van der Waals surface area (Å²) in [6.07, 6.45) is 0.238. The van der Waals surface area contributed by atoms with Crippen LogP contribution in [0.1, 0.15) is 6.42 Å². The molecule has 2 heterocycles. The first kappa shape index (κ1) is 18.9. The van der Waals surface area contributed by atoms with E-state index in [1.165, 1.54) is 4.57 Å². The number of carbonyl (C=O) groups excluding carboxylic acids is 1. The van der Waals surface area contributed by atoms with Gasteiger partial charge in [-0.05, 0) is 42.5 Å². The van der Waals surface area contributed by atoms with Crippen molar-refractivity contribution in [2.45, 2.75) is 13.0 Å². The number of carbonyl (C=O) groups is 1. The summed E-state index contributed by atoms with van der Waals surface area (Å²) in [5, 5.41) is 1.23. The van der Waals surface area contributed by atoms with Crippen molar-refractivity contribution in [1.29, 1.82) is 0 Å².